The fraction of sp³-hybridized carbons (Fsp3) is 0.429. The van der Waals surface area contributed by atoms with Gasteiger partial charge in [-0.15, -0.1) is 0 Å². The van der Waals surface area contributed by atoms with Gasteiger partial charge in [-0.1, -0.05) is 35.9 Å². The number of fused-ring (bicyclic) bond motifs is 3. The average Bonchev–Trinajstić information content (AvgIpc) is 3.23. The molecule has 3 aromatic rings. The molecule has 3 aliphatic rings. The maximum atomic E-state index is 13.9. The Morgan fingerprint density at radius 1 is 1.00 bits per heavy atom. The highest BCUT2D eigenvalue weighted by atomic mass is 35.5. The zero-order valence-corrected chi connectivity index (χ0v) is 25.9. The van der Waals surface area contributed by atoms with Crippen LogP contribution in [-0.4, -0.2) is 47.6 Å². The minimum Gasteiger partial charge on any atom is -0.493 e. The molecule has 7 nitrogen and oxygen atoms in total. The van der Waals surface area contributed by atoms with Crippen molar-refractivity contribution in [3.63, 3.8) is 0 Å². The molecule has 3 unspecified atom stereocenters. The van der Waals surface area contributed by atoms with Crippen molar-refractivity contribution in [1.82, 2.24) is 4.90 Å². The Balaban J connectivity index is 1.37. The third kappa shape index (κ3) is 5.38. The number of anilines is 1. The fourth-order valence-corrected chi connectivity index (χ4v) is 7.49. The molecule has 3 aromatic carbocycles. The Labute approximate surface area is 258 Å². The highest BCUT2D eigenvalue weighted by Crippen LogP contribution is 2.47. The Morgan fingerprint density at radius 2 is 1.65 bits per heavy atom. The highest BCUT2D eigenvalue weighted by Gasteiger charge is 2.46. The smallest absolute Gasteiger partial charge is 0.232 e. The minimum atomic E-state index is -1.05. The molecule has 8 heteroatoms. The molecule has 0 saturated carbocycles. The van der Waals surface area contributed by atoms with Crippen molar-refractivity contribution in [2.75, 3.05) is 12.0 Å². The van der Waals surface area contributed by atoms with E-state index < -0.39 is 11.6 Å². The topological polar surface area (TPSA) is 79.3 Å². The number of piperidine rings is 1. The number of hydrogen-bond donors (Lipinski definition) is 1. The quantitative estimate of drug-likeness (QED) is 0.301. The van der Waals surface area contributed by atoms with E-state index in [2.05, 4.69) is 0 Å². The van der Waals surface area contributed by atoms with E-state index in [-0.39, 0.29) is 36.4 Å². The standard InChI is InChI=1S/C35H39ClN2O5/c1-21(2)43-32-19-30-23(15-31(32)42-4)16-33(40)38(34(30)22-5-9-26(36)10-6-22)27-11-7-24(8-12-27)35(3,41)25-17-28-13-14-29(18-25)37(28)20-39/h5-12,15,19-21,25,28-29,34,41H,13-14,16-18H2,1-4H3/t25?,28?,29?,34-,35?/m0/s1. The molecular weight excluding hydrogens is 564 g/mol. The monoisotopic (exact) mass is 602 g/mol. The Morgan fingerprint density at radius 3 is 2.23 bits per heavy atom. The molecule has 0 aromatic heterocycles. The van der Waals surface area contributed by atoms with Gasteiger partial charge in [-0.3, -0.25) is 9.59 Å². The van der Waals surface area contributed by atoms with Gasteiger partial charge in [-0.25, -0.2) is 0 Å². The molecule has 2 amide bonds. The molecule has 43 heavy (non-hydrogen) atoms. The van der Waals surface area contributed by atoms with Crippen molar-refractivity contribution in [2.24, 2.45) is 5.92 Å². The number of amides is 2. The summed E-state index contributed by atoms with van der Waals surface area (Å²) < 4.78 is 11.7. The first-order valence-electron chi connectivity index (χ1n) is 15.1. The number of halogens is 1. The molecule has 226 valence electrons. The summed E-state index contributed by atoms with van der Waals surface area (Å²) in [6.07, 6.45) is 4.70. The van der Waals surface area contributed by atoms with E-state index in [1.165, 1.54) is 0 Å². The summed E-state index contributed by atoms with van der Waals surface area (Å²) in [4.78, 5) is 29.3. The predicted octanol–water partition coefficient (Wildman–Crippen LogP) is 6.42. The van der Waals surface area contributed by atoms with Crippen LogP contribution in [0, 0.1) is 5.92 Å². The van der Waals surface area contributed by atoms with Crippen LogP contribution < -0.4 is 14.4 Å². The van der Waals surface area contributed by atoms with Crippen LogP contribution in [0.25, 0.3) is 0 Å². The van der Waals surface area contributed by atoms with Gasteiger partial charge in [-0.05, 0) is 111 Å². The van der Waals surface area contributed by atoms with Crippen LogP contribution in [0.3, 0.4) is 0 Å². The van der Waals surface area contributed by atoms with Crippen LogP contribution >= 0.6 is 11.6 Å². The van der Waals surface area contributed by atoms with Crippen LogP contribution in [0.5, 0.6) is 11.5 Å². The molecule has 2 saturated heterocycles. The fourth-order valence-electron chi connectivity index (χ4n) is 7.37. The number of nitrogens with zero attached hydrogens (tertiary/aromatic N) is 2. The molecule has 0 spiro atoms. The summed E-state index contributed by atoms with van der Waals surface area (Å²) in [6, 6.07) is 19.2. The van der Waals surface area contributed by atoms with Gasteiger partial charge < -0.3 is 24.4 Å². The third-order valence-electron chi connectivity index (χ3n) is 9.57. The molecule has 3 aliphatic heterocycles. The van der Waals surface area contributed by atoms with Gasteiger partial charge in [0.1, 0.15) is 0 Å². The third-order valence-corrected chi connectivity index (χ3v) is 9.83. The summed E-state index contributed by atoms with van der Waals surface area (Å²) in [7, 11) is 1.61. The lowest BCUT2D eigenvalue weighted by molar-refractivity contribution is -0.126. The molecular formula is C35H39ClN2O5. The zero-order chi connectivity index (χ0) is 30.5. The van der Waals surface area contributed by atoms with Gasteiger partial charge in [0.2, 0.25) is 12.3 Å². The van der Waals surface area contributed by atoms with Crippen molar-refractivity contribution < 1.29 is 24.2 Å². The molecule has 1 N–H and O–H groups in total. The van der Waals surface area contributed by atoms with Gasteiger partial charge in [0, 0.05) is 22.8 Å². The second-order valence-corrected chi connectivity index (χ2v) is 13.0. The van der Waals surface area contributed by atoms with Crippen LogP contribution in [0.2, 0.25) is 5.02 Å². The number of benzene rings is 3. The van der Waals surface area contributed by atoms with E-state index in [0.29, 0.717) is 16.5 Å². The maximum Gasteiger partial charge on any atom is 0.232 e. The van der Waals surface area contributed by atoms with Gasteiger partial charge in [-0.2, -0.15) is 0 Å². The Hall–Kier alpha value is -3.55. The van der Waals surface area contributed by atoms with E-state index in [0.717, 1.165) is 60.0 Å². The lowest BCUT2D eigenvalue weighted by Crippen LogP contribution is -2.47. The van der Waals surface area contributed by atoms with E-state index in [4.69, 9.17) is 21.1 Å². The second kappa shape index (κ2) is 11.5. The molecule has 6 rings (SSSR count). The molecule has 2 bridgehead atoms. The Kier molecular flexibility index (Phi) is 7.90. The molecule has 0 radical (unpaired) electrons. The molecule has 0 aliphatic carbocycles. The van der Waals surface area contributed by atoms with E-state index in [1.54, 1.807) is 7.11 Å². The van der Waals surface area contributed by atoms with Gasteiger partial charge >= 0.3 is 0 Å². The predicted molar refractivity (Wildman–Crippen MR) is 167 cm³/mol. The summed E-state index contributed by atoms with van der Waals surface area (Å²) in [5.41, 5.74) is 3.28. The zero-order valence-electron chi connectivity index (χ0n) is 25.1. The summed E-state index contributed by atoms with van der Waals surface area (Å²) in [6.45, 7) is 5.82. The number of hydrogen-bond acceptors (Lipinski definition) is 5. The minimum absolute atomic E-state index is 0.0376. The summed E-state index contributed by atoms with van der Waals surface area (Å²) in [5.74, 6) is 1.24. The lowest BCUT2D eigenvalue weighted by atomic mass is 9.75. The number of carbonyl (C=O) groups is 2. The van der Waals surface area contributed by atoms with Gasteiger partial charge in [0.25, 0.3) is 0 Å². The maximum absolute atomic E-state index is 13.9. The van der Waals surface area contributed by atoms with E-state index in [1.807, 2.05) is 91.2 Å². The molecule has 4 atom stereocenters. The Bertz CT molecular complexity index is 1490. The molecule has 3 heterocycles. The van der Waals surface area contributed by atoms with Crippen LogP contribution in [0.4, 0.5) is 5.69 Å². The second-order valence-electron chi connectivity index (χ2n) is 12.6. The largest absolute Gasteiger partial charge is 0.493 e. The number of ether oxygens (including phenoxy) is 2. The normalized spacial score (nSPS) is 24.5. The van der Waals surface area contributed by atoms with Crippen molar-refractivity contribution >= 4 is 29.6 Å². The summed E-state index contributed by atoms with van der Waals surface area (Å²) >= 11 is 6.26. The van der Waals surface area contributed by atoms with Crippen molar-refractivity contribution in [3.8, 4) is 11.5 Å². The van der Waals surface area contributed by atoms with Crippen molar-refractivity contribution in [3.05, 3.63) is 87.9 Å². The van der Waals surface area contributed by atoms with E-state index in [9.17, 15) is 14.7 Å². The van der Waals surface area contributed by atoms with Gasteiger partial charge in [0.15, 0.2) is 11.5 Å². The first-order chi connectivity index (χ1) is 20.6. The first kappa shape index (κ1) is 29.5. The summed E-state index contributed by atoms with van der Waals surface area (Å²) in [5, 5.41) is 12.4. The van der Waals surface area contributed by atoms with Crippen LogP contribution in [0.15, 0.2) is 60.7 Å². The van der Waals surface area contributed by atoms with E-state index >= 15 is 0 Å². The average molecular weight is 603 g/mol. The van der Waals surface area contributed by atoms with Crippen molar-refractivity contribution in [2.45, 2.75) is 82.7 Å². The number of methoxy groups -OCH3 is 1. The first-order valence-corrected chi connectivity index (χ1v) is 15.5. The van der Waals surface area contributed by atoms with Crippen molar-refractivity contribution in [1.29, 1.82) is 0 Å². The van der Waals surface area contributed by atoms with Crippen LogP contribution in [0.1, 0.15) is 74.8 Å². The number of carbonyl (C=O) groups excluding carboxylic acids is 2. The molecule has 2 fully saturated rings. The lowest BCUT2D eigenvalue weighted by Gasteiger charge is -2.43. The number of rotatable bonds is 8. The highest BCUT2D eigenvalue weighted by molar-refractivity contribution is 6.30. The number of aliphatic hydroxyl groups is 1. The van der Waals surface area contributed by atoms with Gasteiger partial charge in [0.05, 0.1) is 31.3 Å². The SMILES string of the molecule is COc1cc2c(cc1OC(C)C)[C@H](c1ccc(Cl)cc1)N(c1ccc(C(C)(O)C3CC4CCC(C3)N4C=O)cc1)C(=O)C2. The van der Waals surface area contributed by atoms with Crippen LogP contribution in [-0.2, 0) is 21.6 Å².